The molecule has 0 unspecified atom stereocenters. The van der Waals surface area contributed by atoms with Gasteiger partial charge in [0, 0.05) is 6.04 Å². The second kappa shape index (κ2) is 8.94. The van der Waals surface area contributed by atoms with Gasteiger partial charge >= 0.3 is 0 Å². The van der Waals surface area contributed by atoms with E-state index in [1.165, 1.54) is 24.0 Å². The topological polar surface area (TPSA) is 79.6 Å². The molecule has 1 amide bonds. The van der Waals surface area contributed by atoms with Crippen molar-refractivity contribution in [1.82, 2.24) is 10.2 Å². The predicted molar refractivity (Wildman–Crippen MR) is 116 cm³/mol. The Labute approximate surface area is 178 Å². The molecule has 30 heavy (non-hydrogen) atoms. The molecule has 2 aromatic rings. The van der Waals surface area contributed by atoms with E-state index in [0.717, 1.165) is 24.2 Å². The maximum absolute atomic E-state index is 12.8. The Morgan fingerprint density at radius 1 is 1.23 bits per heavy atom. The van der Waals surface area contributed by atoms with Gasteiger partial charge in [-0.3, -0.25) is 9.69 Å². The van der Waals surface area contributed by atoms with Crippen LogP contribution in [0.15, 0.2) is 41.0 Å². The van der Waals surface area contributed by atoms with E-state index in [0.29, 0.717) is 13.0 Å². The molecule has 0 bridgehead atoms. The number of furan rings is 1. The Kier molecular flexibility index (Phi) is 6.29. The summed E-state index contributed by atoms with van der Waals surface area (Å²) in [6.07, 6.45) is 6.87. The molecule has 1 N–H and O–H groups in total. The lowest BCUT2D eigenvalue weighted by molar-refractivity contribution is -0.123. The van der Waals surface area contributed by atoms with Gasteiger partial charge in [-0.05, 0) is 67.9 Å². The molecule has 1 saturated heterocycles. The van der Waals surface area contributed by atoms with Crippen molar-refractivity contribution in [2.75, 3.05) is 18.1 Å². The molecule has 2 aliphatic rings. The van der Waals surface area contributed by atoms with Crippen molar-refractivity contribution in [3.05, 3.63) is 59.0 Å². The van der Waals surface area contributed by atoms with E-state index in [1.54, 1.807) is 12.3 Å². The summed E-state index contributed by atoms with van der Waals surface area (Å²) < 4.78 is 29.4. The molecule has 1 aliphatic heterocycles. The standard InChI is InChI=1S/C23H30N2O4S/c1-17(19-9-8-18-5-2-3-6-20(18)13-19)24-23(26)15-25(14-22-7-4-11-29-22)21-10-12-30(27,28)16-21/h4,7-9,11,13,17,21H,2-3,5-6,10,12,14-16H2,1H3,(H,24,26)/t17-,21+/m0/s1. The number of carbonyl (C=O) groups excluding carboxylic acids is 1. The lowest BCUT2D eigenvalue weighted by Gasteiger charge is -2.27. The average molecular weight is 431 g/mol. The number of nitrogens with zero attached hydrogens (tertiary/aromatic N) is 1. The SMILES string of the molecule is C[C@H](NC(=O)CN(Cc1ccco1)[C@@H]1CCS(=O)(=O)C1)c1ccc2c(c1)CCCC2. The van der Waals surface area contributed by atoms with Gasteiger partial charge in [0.05, 0.1) is 36.9 Å². The van der Waals surface area contributed by atoms with Gasteiger partial charge in [0.1, 0.15) is 5.76 Å². The van der Waals surface area contributed by atoms with Crippen LogP contribution >= 0.6 is 0 Å². The fourth-order valence-electron chi connectivity index (χ4n) is 4.56. The molecule has 0 radical (unpaired) electrons. The first-order valence-electron chi connectivity index (χ1n) is 10.8. The highest BCUT2D eigenvalue weighted by atomic mass is 32.2. The molecule has 1 aliphatic carbocycles. The molecule has 6 nitrogen and oxygen atoms in total. The molecule has 0 spiro atoms. The highest BCUT2D eigenvalue weighted by Gasteiger charge is 2.33. The number of hydrogen-bond donors (Lipinski definition) is 1. The molecular weight excluding hydrogens is 400 g/mol. The highest BCUT2D eigenvalue weighted by molar-refractivity contribution is 7.91. The summed E-state index contributed by atoms with van der Waals surface area (Å²) in [7, 11) is -3.03. The molecule has 162 valence electrons. The van der Waals surface area contributed by atoms with Gasteiger partial charge < -0.3 is 9.73 Å². The number of hydrogen-bond acceptors (Lipinski definition) is 5. The van der Waals surface area contributed by atoms with Gasteiger partial charge in [-0.1, -0.05) is 18.2 Å². The zero-order chi connectivity index (χ0) is 21.1. The third-order valence-electron chi connectivity index (χ3n) is 6.26. The summed E-state index contributed by atoms with van der Waals surface area (Å²) in [5, 5.41) is 3.10. The van der Waals surface area contributed by atoms with Crippen LogP contribution in [-0.4, -0.2) is 43.3 Å². The van der Waals surface area contributed by atoms with Gasteiger partial charge in [0.25, 0.3) is 0 Å². The molecule has 1 aromatic heterocycles. The maximum atomic E-state index is 12.8. The molecule has 4 rings (SSSR count). The molecule has 1 fully saturated rings. The Hall–Kier alpha value is -2.12. The minimum atomic E-state index is -3.03. The second-order valence-corrected chi connectivity index (χ2v) is 10.8. The average Bonchev–Trinajstić information content (AvgIpc) is 3.36. The largest absolute Gasteiger partial charge is 0.468 e. The van der Waals surface area contributed by atoms with Crippen molar-refractivity contribution in [3.8, 4) is 0 Å². The van der Waals surface area contributed by atoms with Crippen molar-refractivity contribution >= 4 is 15.7 Å². The van der Waals surface area contributed by atoms with Crippen LogP contribution in [0, 0.1) is 0 Å². The summed E-state index contributed by atoms with van der Waals surface area (Å²) in [6, 6.07) is 9.93. The monoisotopic (exact) mass is 430 g/mol. The quantitative estimate of drug-likeness (QED) is 0.730. The number of sulfone groups is 1. The van der Waals surface area contributed by atoms with Crippen LogP contribution in [0.25, 0.3) is 0 Å². The van der Waals surface area contributed by atoms with Crippen molar-refractivity contribution in [1.29, 1.82) is 0 Å². The van der Waals surface area contributed by atoms with E-state index in [-0.39, 0.29) is 36.0 Å². The number of carbonyl (C=O) groups is 1. The summed E-state index contributed by atoms with van der Waals surface area (Å²) in [5.74, 6) is 0.909. The molecule has 1 aromatic carbocycles. The predicted octanol–water partition coefficient (Wildman–Crippen LogP) is 3.02. The van der Waals surface area contributed by atoms with Crippen molar-refractivity contribution in [2.45, 2.75) is 57.7 Å². The third-order valence-corrected chi connectivity index (χ3v) is 8.01. The number of benzene rings is 1. The Morgan fingerprint density at radius 3 is 2.73 bits per heavy atom. The van der Waals surface area contributed by atoms with Crippen LogP contribution in [-0.2, 0) is 34.0 Å². The van der Waals surface area contributed by atoms with E-state index in [1.807, 2.05) is 17.9 Å². The van der Waals surface area contributed by atoms with Crippen LogP contribution in [0.3, 0.4) is 0 Å². The Morgan fingerprint density at radius 2 is 2.03 bits per heavy atom. The van der Waals surface area contributed by atoms with Crippen LogP contribution in [0.4, 0.5) is 0 Å². The highest BCUT2D eigenvalue weighted by Crippen LogP contribution is 2.25. The van der Waals surface area contributed by atoms with Gasteiger partial charge in [-0.25, -0.2) is 8.42 Å². The van der Waals surface area contributed by atoms with Crippen LogP contribution < -0.4 is 5.32 Å². The summed E-state index contributed by atoms with van der Waals surface area (Å²) in [5.41, 5.74) is 3.94. The fourth-order valence-corrected chi connectivity index (χ4v) is 6.32. The summed E-state index contributed by atoms with van der Waals surface area (Å²) in [4.78, 5) is 14.8. The number of nitrogens with one attached hydrogen (secondary N) is 1. The third kappa shape index (κ3) is 5.13. The second-order valence-electron chi connectivity index (χ2n) is 8.57. The smallest absolute Gasteiger partial charge is 0.234 e. The number of amides is 1. The first kappa shape index (κ1) is 21.1. The first-order chi connectivity index (χ1) is 14.4. The van der Waals surface area contributed by atoms with Gasteiger partial charge in [-0.15, -0.1) is 0 Å². The lowest BCUT2D eigenvalue weighted by atomic mass is 9.89. The molecule has 2 atom stereocenters. The summed E-state index contributed by atoms with van der Waals surface area (Å²) in [6.45, 7) is 2.57. The van der Waals surface area contributed by atoms with E-state index >= 15 is 0 Å². The van der Waals surface area contributed by atoms with Crippen molar-refractivity contribution in [2.24, 2.45) is 0 Å². The molecule has 2 heterocycles. The van der Waals surface area contributed by atoms with E-state index in [2.05, 4.69) is 23.5 Å². The minimum Gasteiger partial charge on any atom is -0.468 e. The van der Waals surface area contributed by atoms with E-state index in [9.17, 15) is 13.2 Å². The first-order valence-corrected chi connectivity index (χ1v) is 12.6. The normalized spacial score (nSPS) is 21.3. The zero-order valence-corrected chi connectivity index (χ0v) is 18.3. The van der Waals surface area contributed by atoms with Crippen molar-refractivity contribution < 1.29 is 17.6 Å². The van der Waals surface area contributed by atoms with E-state index < -0.39 is 9.84 Å². The lowest BCUT2D eigenvalue weighted by Crippen LogP contribution is -2.43. The zero-order valence-electron chi connectivity index (χ0n) is 17.5. The number of aryl methyl sites for hydroxylation is 2. The Bertz CT molecular complexity index is 985. The minimum absolute atomic E-state index is 0.0949. The van der Waals surface area contributed by atoms with Gasteiger partial charge in [0.15, 0.2) is 9.84 Å². The summed E-state index contributed by atoms with van der Waals surface area (Å²) >= 11 is 0. The fraction of sp³-hybridized carbons (Fsp3) is 0.522. The van der Waals surface area contributed by atoms with Crippen molar-refractivity contribution in [3.63, 3.8) is 0 Å². The molecule has 0 saturated carbocycles. The number of fused-ring (bicyclic) bond motifs is 1. The molecule has 7 heteroatoms. The van der Waals surface area contributed by atoms with Crippen LogP contribution in [0.5, 0.6) is 0 Å². The van der Waals surface area contributed by atoms with Crippen LogP contribution in [0.1, 0.15) is 54.7 Å². The van der Waals surface area contributed by atoms with Gasteiger partial charge in [-0.2, -0.15) is 0 Å². The maximum Gasteiger partial charge on any atom is 0.234 e. The number of rotatable bonds is 7. The molecular formula is C23H30N2O4S. The van der Waals surface area contributed by atoms with Gasteiger partial charge in [0.2, 0.25) is 5.91 Å². The van der Waals surface area contributed by atoms with Crippen LogP contribution in [0.2, 0.25) is 0 Å². The van der Waals surface area contributed by atoms with E-state index in [4.69, 9.17) is 4.42 Å². The Balaban J connectivity index is 1.41.